The van der Waals surface area contributed by atoms with Crippen LogP contribution in [0, 0.1) is 17.2 Å². The molecule has 0 bridgehead atoms. The lowest BCUT2D eigenvalue weighted by Crippen LogP contribution is -2.43. The molecule has 0 radical (unpaired) electrons. The first kappa shape index (κ1) is 17.1. The van der Waals surface area contributed by atoms with Gasteiger partial charge in [-0.3, -0.25) is 10.00 Å². The van der Waals surface area contributed by atoms with E-state index in [1.165, 1.54) is 0 Å². The summed E-state index contributed by atoms with van der Waals surface area (Å²) < 4.78 is 7.22. The van der Waals surface area contributed by atoms with Gasteiger partial charge in [0.25, 0.3) is 0 Å². The van der Waals surface area contributed by atoms with Gasteiger partial charge in [0.15, 0.2) is 5.82 Å². The molecule has 1 N–H and O–H groups in total. The van der Waals surface area contributed by atoms with Gasteiger partial charge in [-0.1, -0.05) is 6.92 Å². The number of carbonyl (C=O) groups excluding carboxylic acids is 1. The fraction of sp³-hybridized carbons (Fsp3) is 0.500. The number of anilines is 1. The molecule has 2 aromatic heterocycles. The minimum atomic E-state index is -0.251. The lowest BCUT2D eigenvalue weighted by molar-refractivity contribution is 0.129. The Bertz CT molecular complexity index is 772. The lowest BCUT2D eigenvalue weighted by atomic mass is 9.91. The molecule has 2 amide bonds. The molecule has 0 aromatic carbocycles. The summed E-state index contributed by atoms with van der Waals surface area (Å²) in [5, 5.41) is 16.4. The van der Waals surface area contributed by atoms with E-state index in [9.17, 15) is 10.1 Å². The summed E-state index contributed by atoms with van der Waals surface area (Å²) in [6.07, 6.45) is 5.08. The number of furan rings is 1. The topological polar surface area (TPSA) is 87.1 Å². The summed E-state index contributed by atoms with van der Waals surface area (Å²) >= 11 is 0. The molecule has 0 aliphatic carbocycles. The number of likely N-dealkylation sites (tertiary alicyclic amines) is 1. The van der Waals surface area contributed by atoms with E-state index in [2.05, 4.69) is 23.4 Å². The van der Waals surface area contributed by atoms with Crippen LogP contribution in [0.25, 0.3) is 0 Å². The molecule has 0 saturated carbocycles. The fourth-order valence-corrected chi connectivity index (χ4v) is 3.14. The number of rotatable bonds is 3. The highest BCUT2D eigenvalue weighted by Gasteiger charge is 2.33. The second-order valence-electron chi connectivity index (χ2n) is 6.86. The average Bonchev–Trinajstić information content (AvgIpc) is 3.24. The molecule has 2 atom stereocenters. The van der Waals surface area contributed by atoms with Gasteiger partial charge in [0, 0.05) is 18.8 Å². The van der Waals surface area contributed by atoms with Crippen LogP contribution in [0.1, 0.15) is 57.0 Å². The predicted octanol–water partition coefficient (Wildman–Crippen LogP) is 3.93. The number of amides is 2. The van der Waals surface area contributed by atoms with Gasteiger partial charge in [-0.15, -0.1) is 0 Å². The first-order chi connectivity index (χ1) is 12.0. The smallest absolute Gasteiger partial charge is 0.323 e. The molecule has 132 valence electrons. The van der Waals surface area contributed by atoms with Crippen molar-refractivity contribution in [3.05, 3.63) is 35.9 Å². The van der Waals surface area contributed by atoms with Crippen molar-refractivity contribution >= 4 is 11.8 Å². The number of hydrogen-bond acceptors (Lipinski definition) is 4. The van der Waals surface area contributed by atoms with E-state index in [0.717, 1.165) is 18.6 Å². The molecule has 2 aromatic rings. The van der Waals surface area contributed by atoms with Crippen molar-refractivity contribution in [1.82, 2.24) is 14.7 Å². The van der Waals surface area contributed by atoms with Crippen LogP contribution in [-0.4, -0.2) is 27.3 Å². The van der Waals surface area contributed by atoms with Gasteiger partial charge in [-0.2, -0.15) is 10.4 Å². The number of carbonyl (C=O) groups is 1. The number of piperidine rings is 1. The van der Waals surface area contributed by atoms with Gasteiger partial charge >= 0.3 is 6.03 Å². The van der Waals surface area contributed by atoms with Gasteiger partial charge in [-0.25, -0.2) is 4.79 Å². The summed E-state index contributed by atoms with van der Waals surface area (Å²) in [6.45, 7) is 6.77. The second kappa shape index (κ2) is 7.01. The van der Waals surface area contributed by atoms with E-state index in [1.54, 1.807) is 22.0 Å². The fourth-order valence-electron chi connectivity index (χ4n) is 3.14. The molecule has 1 fully saturated rings. The van der Waals surface area contributed by atoms with Crippen LogP contribution in [-0.2, 0) is 0 Å². The highest BCUT2D eigenvalue weighted by atomic mass is 16.3. The molecule has 1 aliphatic heterocycles. The van der Waals surface area contributed by atoms with Crippen LogP contribution in [0.5, 0.6) is 0 Å². The third-order valence-corrected chi connectivity index (χ3v) is 4.60. The maximum atomic E-state index is 12.8. The van der Waals surface area contributed by atoms with Crippen molar-refractivity contribution in [3.63, 3.8) is 0 Å². The summed E-state index contributed by atoms with van der Waals surface area (Å²) in [5.41, 5.74) is 0.363. The zero-order valence-electron chi connectivity index (χ0n) is 14.8. The summed E-state index contributed by atoms with van der Waals surface area (Å²) in [5.74, 6) is 1.61. The Kier molecular flexibility index (Phi) is 4.79. The van der Waals surface area contributed by atoms with Gasteiger partial charge in [0.1, 0.15) is 17.4 Å². The zero-order valence-corrected chi connectivity index (χ0v) is 14.8. The summed E-state index contributed by atoms with van der Waals surface area (Å²) in [6, 6.07) is 5.59. The van der Waals surface area contributed by atoms with Crippen LogP contribution >= 0.6 is 0 Å². The van der Waals surface area contributed by atoms with Crippen LogP contribution in [0.15, 0.2) is 29.0 Å². The van der Waals surface area contributed by atoms with Crippen LogP contribution in [0.3, 0.4) is 0 Å². The minimum absolute atomic E-state index is 0.100. The highest BCUT2D eigenvalue weighted by Crippen LogP contribution is 2.34. The molecule has 7 heteroatoms. The quantitative estimate of drug-likeness (QED) is 0.916. The minimum Gasteiger partial charge on any atom is -0.467 e. The molecular formula is C18H23N5O2. The van der Waals surface area contributed by atoms with E-state index in [0.29, 0.717) is 23.8 Å². The van der Waals surface area contributed by atoms with E-state index in [1.807, 2.05) is 26.0 Å². The Labute approximate surface area is 147 Å². The SMILES string of the molecule is CC(C)n1cc(C#N)c(NC(=O)N2CC[C@@H](C)C[C@H]2c2ccco2)n1. The lowest BCUT2D eigenvalue weighted by Gasteiger charge is -2.37. The second-order valence-corrected chi connectivity index (χ2v) is 6.86. The normalized spacial score (nSPS) is 20.5. The number of nitrogens with one attached hydrogen (secondary N) is 1. The summed E-state index contributed by atoms with van der Waals surface area (Å²) in [7, 11) is 0. The Morgan fingerprint density at radius 3 is 2.96 bits per heavy atom. The third kappa shape index (κ3) is 3.53. The monoisotopic (exact) mass is 341 g/mol. The zero-order chi connectivity index (χ0) is 18.0. The molecule has 0 spiro atoms. The van der Waals surface area contributed by atoms with E-state index < -0.39 is 0 Å². The van der Waals surface area contributed by atoms with Crippen LogP contribution in [0.2, 0.25) is 0 Å². The van der Waals surface area contributed by atoms with Crippen molar-refractivity contribution in [2.75, 3.05) is 11.9 Å². The van der Waals surface area contributed by atoms with Gasteiger partial charge in [-0.05, 0) is 44.7 Å². The Balaban J connectivity index is 1.81. The Hall–Kier alpha value is -2.75. The van der Waals surface area contributed by atoms with E-state index in [-0.39, 0.29) is 18.1 Å². The molecule has 0 unspecified atom stereocenters. The van der Waals surface area contributed by atoms with Gasteiger partial charge in [0.2, 0.25) is 0 Å². The number of nitrogens with zero attached hydrogens (tertiary/aromatic N) is 4. The third-order valence-electron chi connectivity index (χ3n) is 4.60. The number of hydrogen-bond donors (Lipinski definition) is 1. The molecule has 1 aliphatic rings. The molecule has 1 saturated heterocycles. The van der Waals surface area contributed by atoms with Gasteiger partial charge in [0.05, 0.1) is 12.3 Å². The van der Waals surface area contributed by atoms with Crippen molar-refractivity contribution in [2.24, 2.45) is 5.92 Å². The van der Waals surface area contributed by atoms with Crippen molar-refractivity contribution in [3.8, 4) is 6.07 Å². The summed E-state index contributed by atoms with van der Waals surface area (Å²) in [4.78, 5) is 14.6. The van der Waals surface area contributed by atoms with Gasteiger partial charge < -0.3 is 9.32 Å². The van der Waals surface area contributed by atoms with E-state index >= 15 is 0 Å². The highest BCUT2D eigenvalue weighted by molar-refractivity contribution is 5.89. The Morgan fingerprint density at radius 2 is 2.32 bits per heavy atom. The largest absolute Gasteiger partial charge is 0.467 e. The van der Waals surface area contributed by atoms with Crippen molar-refractivity contribution in [2.45, 2.75) is 45.7 Å². The number of aromatic nitrogens is 2. The molecule has 7 nitrogen and oxygen atoms in total. The Morgan fingerprint density at radius 1 is 1.52 bits per heavy atom. The van der Waals surface area contributed by atoms with Crippen molar-refractivity contribution in [1.29, 1.82) is 5.26 Å². The van der Waals surface area contributed by atoms with E-state index in [4.69, 9.17) is 4.42 Å². The molecule has 3 heterocycles. The molecular weight excluding hydrogens is 318 g/mol. The maximum absolute atomic E-state index is 12.8. The molecule has 25 heavy (non-hydrogen) atoms. The van der Waals surface area contributed by atoms with Crippen LogP contribution < -0.4 is 5.32 Å². The standard InChI is InChI=1S/C18H23N5O2/c1-12(2)23-11-14(10-19)17(21-23)20-18(24)22-7-6-13(3)9-15(22)16-5-4-8-25-16/h4-5,8,11-13,15H,6-7,9H2,1-3H3,(H,20,21,24)/t13-,15+/m1/s1. The maximum Gasteiger partial charge on any atom is 0.323 e. The first-order valence-corrected chi connectivity index (χ1v) is 8.60. The number of urea groups is 1. The average molecular weight is 341 g/mol. The first-order valence-electron chi connectivity index (χ1n) is 8.60. The van der Waals surface area contributed by atoms with Crippen molar-refractivity contribution < 1.29 is 9.21 Å². The molecule has 3 rings (SSSR count). The number of nitriles is 1. The van der Waals surface area contributed by atoms with Crippen LogP contribution in [0.4, 0.5) is 10.6 Å². The predicted molar refractivity (Wildman–Crippen MR) is 92.9 cm³/mol.